The quantitative estimate of drug-likeness (QED) is 0.0905. The molecule has 242 valence electrons. The average Bonchev–Trinajstić information content (AvgIpc) is 3.31. The first-order chi connectivity index (χ1) is 21.1. The van der Waals surface area contributed by atoms with Crippen LogP contribution in [0.2, 0.25) is 15.1 Å². The Morgan fingerprint density at radius 2 is 1.51 bits per heavy atom. The Labute approximate surface area is 372 Å². The Hall–Kier alpha value is -0.0273. The molecule has 1 heterocycles. The van der Waals surface area contributed by atoms with Crippen LogP contribution in [0.5, 0.6) is 0 Å². The van der Waals surface area contributed by atoms with E-state index in [2.05, 4.69) is 20.6 Å². The largest absolute Gasteiger partial charge is 1.00 e. The Morgan fingerprint density at radius 3 is 2.00 bits per heavy atom. The van der Waals surface area contributed by atoms with Gasteiger partial charge >= 0.3 is 103 Å². The number of aromatic nitrogens is 2. The van der Waals surface area contributed by atoms with Gasteiger partial charge in [-0.25, -0.2) is 21.5 Å². The molecular weight excluding hydrogens is 771 g/mol. The molecule has 0 unspecified atom stereocenters. The summed E-state index contributed by atoms with van der Waals surface area (Å²) in [5.41, 5.74) is 1.22. The monoisotopic (exact) mass is 795 g/mol. The molecule has 1 aromatic heterocycles. The number of anilines is 2. The van der Waals surface area contributed by atoms with Crippen LogP contribution >= 0.6 is 34.8 Å². The Kier molecular flexibility index (Phi) is 19.8. The first kappa shape index (κ1) is 45.0. The molecule has 3 rings (SSSR count). The van der Waals surface area contributed by atoms with Crippen LogP contribution in [0.4, 0.5) is 22.9 Å². The summed E-state index contributed by atoms with van der Waals surface area (Å²) in [7, 11) is -8.79. The Bertz CT molecular complexity index is 1790. The van der Waals surface area contributed by atoms with Gasteiger partial charge in [-0.15, -0.1) is 10.2 Å². The third kappa shape index (κ3) is 15.0. The van der Waals surface area contributed by atoms with Gasteiger partial charge in [-0.2, -0.15) is 10.4 Å². The minimum Gasteiger partial charge on any atom is -0.748 e. The van der Waals surface area contributed by atoms with Gasteiger partial charge in [0.05, 0.1) is 42.2 Å². The summed E-state index contributed by atoms with van der Waals surface area (Å²) in [5.74, 6) is -1.53. The number of carbonyl (C=O) groups excluding carboxylic acids is 1. The van der Waals surface area contributed by atoms with Crippen molar-refractivity contribution >= 4 is 83.8 Å². The smallest absolute Gasteiger partial charge is 0.748 e. The maximum atomic E-state index is 12.1. The molecule has 21 heteroatoms. The van der Waals surface area contributed by atoms with E-state index < -0.39 is 37.6 Å². The molecule has 0 spiro atoms. The first-order valence-corrected chi connectivity index (χ1v) is 17.5. The van der Waals surface area contributed by atoms with Gasteiger partial charge in [-0.1, -0.05) is 34.8 Å². The molecule has 0 aliphatic carbocycles. The zero-order valence-corrected chi connectivity index (χ0v) is 35.8. The number of benzene rings is 2. The van der Waals surface area contributed by atoms with Crippen molar-refractivity contribution in [1.82, 2.24) is 9.78 Å². The third-order valence-electron chi connectivity index (χ3n) is 6.11. The van der Waals surface area contributed by atoms with E-state index in [0.29, 0.717) is 18.5 Å². The molecule has 0 fully saturated rings. The molecule has 14 nitrogen and oxygen atoms in total. The summed E-state index contributed by atoms with van der Waals surface area (Å²) < 4.78 is 67.3. The predicted octanol–water partition coefficient (Wildman–Crippen LogP) is -0.457. The summed E-state index contributed by atoms with van der Waals surface area (Å²) in [5, 5.41) is 25.5. The van der Waals surface area contributed by atoms with Crippen LogP contribution in [0.3, 0.4) is 0 Å². The molecule has 0 radical (unpaired) electrons. The topological polar surface area (TPSA) is 213 Å². The zero-order valence-electron chi connectivity index (χ0n) is 25.6. The second-order valence-electron chi connectivity index (χ2n) is 9.63. The van der Waals surface area contributed by atoms with Crippen LogP contribution in [0.25, 0.3) is 5.69 Å². The average molecular weight is 797 g/mol. The number of hydrogen-bond acceptors (Lipinski definition) is 12. The van der Waals surface area contributed by atoms with Gasteiger partial charge in [0.1, 0.15) is 23.0 Å². The fourth-order valence-electron chi connectivity index (χ4n) is 4.15. The van der Waals surface area contributed by atoms with Crippen molar-refractivity contribution in [3.05, 3.63) is 57.2 Å². The SMILES string of the molecule is CC(=O)Nc1cc(N(CCCCS(=O)(=O)[O-])CCCCS(=O)(=O)[O-])ccc1N=Nc1c(C#N)cnn1-c1c(Cl)cc(Cl)cc1Cl.[K+].[K+]. The summed E-state index contributed by atoms with van der Waals surface area (Å²) in [6.45, 7) is 1.85. The molecule has 0 saturated carbocycles. The van der Waals surface area contributed by atoms with Crippen molar-refractivity contribution in [1.29, 1.82) is 5.26 Å². The van der Waals surface area contributed by atoms with Gasteiger partial charge in [-0.3, -0.25) is 4.79 Å². The van der Waals surface area contributed by atoms with E-state index in [0.717, 1.165) is 0 Å². The van der Waals surface area contributed by atoms with Crippen molar-refractivity contribution in [3.8, 4) is 11.8 Å². The van der Waals surface area contributed by atoms with Crippen LogP contribution in [0.15, 0.2) is 46.8 Å². The molecule has 0 aliphatic heterocycles. The van der Waals surface area contributed by atoms with Crippen molar-refractivity contribution < 1.29 is 134 Å². The molecule has 0 saturated heterocycles. The van der Waals surface area contributed by atoms with Crippen LogP contribution in [0, 0.1) is 11.3 Å². The number of nitrogens with zero attached hydrogens (tertiary/aromatic N) is 6. The van der Waals surface area contributed by atoms with Crippen LogP contribution in [0.1, 0.15) is 38.2 Å². The molecule has 0 atom stereocenters. The number of nitriles is 1. The number of unbranched alkanes of at least 4 members (excludes halogenated alkanes) is 2. The Balaban J connectivity index is 0.00000552. The molecular formula is C26H26Cl3K2N7O7S2. The van der Waals surface area contributed by atoms with Gasteiger partial charge in [0.25, 0.3) is 0 Å². The molecule has 0 aliphatic rings. The predicted molar refractivity (Wildman–Crippen MR) is 168 cm³/mol. The van der Waals surface area contributed by atoms with E-state index in [1.807, 2.05) is 6.07 Å². The van der Waals surface area contributed by atoms with Crippen LogP contribution in [-0.2, 0) is 25.0 Å². The number of rotatable bonds is 15. The summed E-state index contributed by atoms with van der Waals surface area (Å²) >= 11 is 18.7. The minimum absolute atomic E-state index is 0. The molecule has 1 amide bonds. The Morgan fingerprint density at radius 1 is 0.957 bits per heavy atom. The van der Waals surface area contributed by atoms with E-state index in [1.54, 1.807) is 17.0 Å². The van der Waals surface area contributed by atoms with Crippen molar-refractivity contribution in [3.63, 3.8) is 0 Å². The maximum Gasteiger partial charge on any atom is 1.00 e. The molecule has 0 bridgehead atoms. The van der Waals surface area contributed by atoms with E-state index in [-0.39, 0.29) is 172 Å². The van der Waals surface area contributed by atoms with Gasteiger partial charge < -0.3 is 19.3 Å². The van der Waals surface area contributed by atoms with Gasteiger partial charge in [0.15, 0.2) is 5.82 Å². The number of azo groups is 1. The first-order valence-electron chi connectivity index (χ1n) is 13.2. The fraction of sp³-hybridized carbons (Fsp3) is 0.346. The molecule has 3 aromatic rings. The van der Waals surface area contributed by atoms with Gasteiger partial charge in [0.2, 0.25) is 5.91 Å². The third-order valence-corrected chi connectivity index (χ3v) is 8.48. The number of nitrogens with one attached hydrogen (secondary N) is 1. The van der Waals surface area contributed by atoms with E-state index in [9.17, 15) is 36.0 Å². The van der Waals surface area contributed by atoms with Gasteiger partial charge in [-0.05, 0) is 56.0 Å². The minimum atomic E-state index is -4.39. The number of hydrogen-bond donors (Lipinski definition) is 1. The second kappa shape index (κ2) is 20.7. The van der Waals surface area contributed by atoms with Crippen molar-refractivity contribution in [2.24, 2.45) is 10.2 Å². The number of amides is 1. The van der Waals surface area contributed by atoms with E-state index in [1.165, 1.54) is 36.0 Å². The normalized spacial score (nSPS) is 11.4. The molecule has 47 heavy (non-hydrogen) atoms. The van der Waals surface area contributed by atoms with Crippen molar-refractivity contribution in [2.75, 3.05) is 34.8 Å². The van der Waals surface area contributed by atoms with Crippen LogP contribution in [-0.4, -0.2) is 66.2 Å². The van der Waals surface area contributed by atoms with E-state index >= 15 is 0 Å². The second-order valence-corrected chi connectivity index (χ2v) is 13.9. The molecule has 2 aromatic carbocycles. The van der Waals surface area contributed by atoms with Gasteiger partial charge in [0, 0.05) is 42.2 Å². The summed E-state index contributed by atoms with van der Waals surface area (Å²) in [6.07, 6.45) is 2.07. The summed E-state index contributed by atoms with van der Waals surface area (Å²) in [6, 6.07) is 9.62. The number of halogens is 3. The van der Waals surface area contributed by atoms with Crippen molar-refractivity contribution in [2.45, 2.75) is 32.6 Å². The zero-order chi connectivity index (χ0) is 33.4. The van der Waals surface area contributed by atoms with Crippen LogP contribution < -0.4 is 113 Å². The summed E-state index contributed by atoms with van der Waals surface area (Å²) in [4.78, 5) is 13.9. The van der Waals surface area contributed by atoms with E-state index in [4.69, 9.17) is 34.8 Å². The molecule has 1 N–H and O–H groups in total. The maximum absolute atomic E-state index is 12.1. The fourth-order valence-corrected chi connectivity index (χ4v) is 6.24. The standard InChI is InChI=1S/C26H28Cl3N7O7S2.2K/c1-17(37)32-24-14-20(35(8-2-4-10-44(38,39)40)9-3-5-11-45(41,42)43)6-7-23(24)33-34-26-18(15-30)16-31-36(26)25-21(28)12-19(27)13-22(25)29;;/h6-7,12-14,16H,2-5,8-11H2,1H3,(H,32,37)(H,38,39,40)(H,41,42,43);;/q;2*+1/p-2. The number of carbonyl (C=O) groups is 1.